The van der Waals surface area contributed by atoms with E-state index in [0.717, 1.165) is 38.4 Å². The van der Waals surface area contributed by atoms with Gasteiger partial charge in [0.25, 0.3) is 5.91 Å². The van der Waals surface area contributed by atoms with Gasteiger partial charge < -0.3 is 15.2 Å². The van der Waals surface area contributed by atoms with E-state index in [9.17, 15) is 14.8 Å². The standard InChI is InChI=1S/C27H31N3O5/c28-26(31)23-8-7-20(17-24(23)25(27(32)29-33)22-9-13-34-14-10-22)4-1-19-2-5-21(6-3-19)18-30-11-15-35-16-12-30/h2-3,5-8,17,22,25,33H,9-16,18H2,(H2,28,31)(H,29,32). The average molecular weight is 478 g/mol. The van der Waals surface area contributed by atoms with Crippen LogP contribution in [0.4, 0.5) is 0 Å². The van der Waals surface area contributed by atoms with Gasteiger partial charge in [0, 0.05) is 49.5 Å². The molecule has 1 unspecified atom stereocenters. The molecule has 8 heteroatoms. The van der Waals surface area contributed by atoms with Crippen LogP contribution < -0.4 is 11.2 Å². The Morgan fingerprint density at radius 2 is 1.63 bits per heavy atom. The first-order chi connectivity index (χ1) is 17.0. The predicted molar refractivity (Wildman–Crippen MR) is 130 cm³/mol. The van der Waals surface area contributed by atoms with Crippen molar-refractivity contribution in [3.63, 3.8) is 0 Å². The zero-order valence-electron chi connectivity index (χ0n) is 19.7. The van der Waals surface area contributed by atoms with Gasteiger partial charge in [-0.15, -0.1) is 0 Å². The van der Waals surface area contributed by atoms with Crippen LogP contribution in [0.5, 0.6) is 0 Å². The van der Waals surface area contributed by atoms with Gasteiger partial charge in [-0.25, -0.2) is 5.48 Å². The summed E-state index contributed by atoms with van der Waals surface area (Å²) in [7, 11) is 0. The van der Waals surface area contributed by atoms with Crippen LogP contribution >= 0.6 is 0 Å². The van der Waals surface area contributed by atoms with E-state index in [0.29, 0.717) is 37.2 Å². The topological polar surface area (TPSA) is 114 Å². The van der Waals surface area contributed by atoms with Crippen molar-refractivity contribution in [1.82, 2.24) is 10.4 Å². The Balaban J connectivity index is 1.56. The molecule has 2 fully saturated rings. The van der Waals surface area contributed by atoms with E-state index < -0.39 is 17.7 Å². The molecule has 2 aliphatic rings. The molecule has 8 nitrogen and oxygen atoms in total. The molecule has 1 atom stereocenters. The summed E-state index contributed by atoms with van der Waals surface area (Å²) in [5.41, 5.74) is 10.9. The predicted octanol–water partition coefficient (Wildman–Crippen LogP) is 2.03. The van der Waals surface area contributed by atoms with Crippen LogP contribution in [0.25, 0.3) is 0 Å². The highest BCUT2D eigenvalue weighted by Gasteiger charge is 2.33. The second-order valence-electron chi connectivity index (χ2n) is 8.91. The summed E-state index contributed by atoms with van der Waals surface area (Å²) in [6.07, 6.45) is 1.28. The number of rotatable bonds is 6. The maximum atomic E-state index is 12.7. The SMILES string of the molecule is NC(=O)c1ccc(C#Cc2ccc(CN3CCOCC3)cc2)cc1C(C(=O)NO)C1CCOCC1. The van der Waals surface area contributed by atoms with Crippen molar-refractivity contribution in [3.8, 4) is 11.8 Å². The number of hydroxylamine groups is 1. The van der Waals surface area contributed by atoms with Gasteiger partial charge in [-0.1, -0.05) is 24.0 Å². The van der Waals surface area contributed by atoms with Gasteiger partial charge >= 0.3 is 0 Å². The highest BCUT2D eigenvalue weighted by molar-refractivity contribution is 5.97. The van der Waals surface area contributed by atoms with E-state index in [-0.39, 0.29) is 11.5 Å². The third-order valence-corrected chi connectivity index (χ3v) is 6.60. The maximum Gasteiger partial charge on any atom is 0.251 e. The first kappa shape index (κ1) is 24.9. The monoisotopic (exact) mass is 477 g/mol. The molecule has 2 amide bonds. The number of morpholine rings is 1. The molecule has 35 heavy (non-hydrogen) atoms. The molecule has 0 radical (unpaired) electrons. The number of ether oxygens (including phenoxy) is 2. The van der Waals surface area contributed by atoms with Crippen LogP contribution in [0, 0.1) is 17.8 Å². The van der Waals surface area contributed by atoms with E-state index in [4.69, 9.17) is 15.2 Å². The number of nitrogens with one attached hydrogen (secondary N) is 1. The Morgan fingerprint density at radius 1 is 1.00 bits per heavy atom. The van der Waals surface area contributed by atoms with E-state index in [1.54, 1.807) is 23.7 Å². The molecule has 4 N–H and O–H groups in total. The lowest BCUT2D eigenvalue weighted by Crippen LogP contribution is -2.35. The minimum Gasteiger partial charge on any atom is -0.381 e. The van der Waals surface area contributed by atoms with E-state index in [2.05, 4.69) is 28.9 Å². The minimum atomic E-state index is -0.729. The molecule has 0 bridgehead atoms. The van der Waals surface area contributed by atoms with Gasteiger partial charge in [-0.2, -0.15) is 0 Å². The van der Waals surface area contributed by atoms with Crippen molar-refractivity contribution in [2.75, 3.05) is 39.5 Å². The fourth-order valence-electron chi connectivity index (χ4n) is 4.71. The highest BCUT2D eigenvalue weighted by Crippen LogP contribution is 2.34. The van der Waals surface area contributed by atoms with Gasteiger partial charge in [0.15, 0.2) is 0 Å². The Labute approximate surface area is 205 Å². The second-order valence-corrected chi connectivity index (χ2v) is 8.91. The first-order valence-electron chi connectivity index (χ1n) is 11.9. The summed E-state index contributed by atoms with van der Waals surface area (Å²) in [5, 5.41) is 9.39. The maximum absolute atomic E-state index is 12.7. The number of nitrogens with zero attached hydrogens (tertiary/aromatic N) is 1. The molecule has 0 aliphatic carbocycles. The zero-order chi connectivity index (χ0) is 24.6. The van der Waals surface area contributed by atoms with E-state index >= 15 is 0 Å². The van der Waals surface area contributed by atoms with Crippen LogP contribution in [-0.4, -0.2) is 61.4 Å². The number of primary amides is 1. The van der Waals surface area contributed by atoms with Crippen molar-refractivity contribution in [2.24, 2.45) is 11.7 Å². The fourth-order valence-corrected chi connectivity index (χ4v) is 4.71. The summed E-state index contributed by atoms with van der Waals surface area (Å²) in [5.74, 6) is 4.28. The molecule has 2 aromatic rings. The molecule has 2 aliphatic heterocycles. The molecule has 2 heterocycles. The van der Waals surface area contributed by atoms with Gasteiger partial charge in [0.05, 0.1) is 19.1 Å². The molecule has 0 saturated carbocycles. The molecule has 0 spiro atoms. The summed E-state index contributed by atoms with van der Waals surface area (Å²) in [6.45, 7) is 5.35. The molecular weight excluding hydrogens is 446 g/mol. The molecule has 4 rings (SSSR count). The smallest absolute Gasteiger partial charge is 0.251 e. The summed E-state index contributed by atoms with van der Waals surface area (Å²) in [4.78, 5) is 27.2. The summed E-state index contributed by atoms with van der Waals surface area (Å²) < 4.78 is 10.8. The number of benzene rings is 2. The van der Waals surface area contributed by atoms with Crippen molar-refractivity contribution >= 4 is 11.8 Å². The molecule has 2 aromatic carbocycles. The van der Waals surface area contributed by atoms with Crippen molar-refractivity contribution in [3.05, 3.63) is 70.3 Å². The number of carbonyl (C=O) groups excluding carboxylic acids is 2. The molecule has 0 aromatic heterocycles. The molecular formula is C27H31N3O5. The van der Waals surface area contributed by atoms with Gasteiger partial charge in [0.2, 0.25) is 5.91 Å². The van der Waals surface area contributed by atoms with Crippen LogP contribution in [0.15, 0.2) is 42.5 Å². The van der Waals surface area contributed by atoms with E-state index in [1.165, 1.54) is 5.56 Å². The number of nitrogens with two attached hydrogens (primary N) is 1. The number of hydrogen-bond acceptors (Lipinski definition) is 6. The van der Waals surface area contributed by atoms with Crippen molar-refractivity contribution < 1.29 is 24.3 Å². The second kappa shape index (κ2) is 12.0. The lowest BCUT2D eigenvalue weighted by Gasteiger charge is -2.30. The largest absolute Gasteiger partial charge is 0.381 e. The van der Waals surface area contributed by atoms with Crippen LogP contribution in [-0.2, 0) is 20.8 Å². The van der Waals surface area contributed by atoms with Crippen LogP contribution in [0.1, 0.15) is 51.4 Å². The lowest BCUT2D eigenvalue weighted by atomic mass is 9.78. The summed E-state index contributed by atoms with van der Waals surface area (Å²) in [6, 6.07) is 13.2. The Morgan fingerprint density at radius 3 is 2.29 bits per heavy atom. The van der Waals surface area contributed by atoms with Gasteiger partial charge in [-0.3, -0.25) is 19.7 Å². The third kappa shape index (κ3) is 6.47. The quantitative estimate of drug-likeness (QED) is 0.333. The minimum absolute atomic E-state index is 0.0868. The first-order valence-corrected chi connectivity index (χ1v) is 11.9. The number of carbonyl (C=O) groups is 2. The third-order valence-electron chi connectivity index (χ3n) is 6.60. The average Bonchev–Trinajstić information content (AvgIpc) is 2.89. The Hall–Kier alpha value is -3.22. The number of amides is 2. The van der Waals surface area contributed by atoms with Crippen LogP contribution in [0.3, 0.4) is 0 Å². The highest BCUT2D eigenvalue weighted by atomic mass is 16.5. The van der Waals surface area contributed by atoms with E-state index in [1.807, 2.05) is 12.1 Å². The molecule has 2 saturated heterocycles. The Bertz CT molecular complexity index is 1090. The zero-order valence-corrected chi connectivity index (χ0v) is 19.7. The van der Waals surface area contributed by atoms with Gasteiger partial charge in [-0.05, 0) is 60.2 Å². The number of hydrogen-bond donors (Lipinski definition) is 3. The lowest BCUT2D eigenvalue weighted by molar-refractivity contribution is -0.133. The normalized spacial score (nSPS) is 17.7. The van der Waals surface area contributed by atoms with Crippen molar-refractivity contribution in [1.29, 1.82) is 0 Å². The Kier molecular flexibility index (Phi) is 8.50. The fraction of sp³-hybridized carbons (Fsp3) is 0.407. The van der Waals surface area contributed by atoms with Crippen molar-refractivity contribution in [2.45, 2.75) is 25.3 Å². The summed E-state index contributed by atoms with van der Waals surface area (Å²) >= 11 is 0. The molecule has 184 valence electrons. The van der Waals surface area contributed by atoms with Gasteiger partial charge in [0.1, 0.15) is 0 Å². The van der Waals surface area contributed by atoms with Crippen LogP contribution in [0.2, 0.25) is 0 Å².